The molecule has 2 N–H and O–H groups in total. The maximum atomic E-state index is 11.9. The zero-order chi connectivity index (χ0) is 21.7. The molecule has 0 fully saturated rings. The van der Waals surface area contributed by atoms with Crippen LogP contribution in [0.25, 0.3) is 0 Å². The summed E-state index contributed by atoms with van der Waals surface area (Å²) < 4.78 is 1.29. The molecule has 0 saturated carbocycles. The zero-order valence-electron chi connectivity index (χ0n) is 15.9. The average Bonchev–Trinajstić information content (AvgIpc) is 2.99. The van der Waals surface area contributed by atoms with Crippen LogP contribution in [0.2, 0.25) is 10.0 Å². The first-order chi connectivity index (χ1) is 13.6. The van der Waals surface area contributed by atoms with Crippen molar-refractivity contribution in [2.75, 3.05) is 0 Å². The van der Waals surface area contributed by atoms with E-state index in [1.54, 1.807) is 30.7 Å². The fraction of sp³-hybridized carbons (Fsp3) is 0.421. The lowest BCUT2D eigenvalue weighted by atomic mass is 10.0. The Hall–Kier alpha value is -1.52. The molecular formula is C19H22Cl2IN3O4. The normalized spacial score (nSPS) is 13.3. The molecule has 10 heteroatoms. The van der Waals surface area contributed by atoms with Crippen molar-refractivity contribution in [3.8, 4) is 0 Å². The predicted molar refractivity (Wildman–Crippen MR) is 120 cm³/mol. The summed E-state index contributed by atoms with van der Waals surface area (Å²) in [7, 11) is 0. The third-order valence-electron chi connectivity index (χ3n) is 4.29. The first kappa shape index (κ1) is 23.8. The van der Waals surface area contributed by atoms with Gasteiger partial charge in [-0.3, -0.25) is 4.90 Å². The van der Waals surface area contributed by atoms with Gasteiger partial charge in [-0.1, -0.05) is 59.6 Å². The lowest BCUT2D eigenvalue weighted by Crippen LogP contribution is -2.49. The van der Waals surface area contributed by atoms with Crippen molar-refractivity contribution in [3.05, 3.63) is 52.0 Å². The molecule has 2 rings (SSSR count). The summed E-state index contributed by atoms with van der Waals surface area (Å²) >= 11 is 14.1. The minimum absolute atomic E-state index is 0.0413. The molecule has 0 spiro atoms. The van der Waals surface area contributed by atoms with Crippen LogP contribution in [-0.2, 0) is 17.8 Å². The van der Waals surface area contributed by atoms with Crippen molar-refractivity contribution in [1.82, 2.24) is 14.5 Å². The van der Waals surface area contributed by atoms with Crippen LogP contribution in [-0.4, -0.2) is 46.8 Å². The van der Waals surface area contributed by atoms with Crippen LogP contribution in [0, 0.1) is 5.92 Å². The van der Waals surface area contributed by atoms with Gasteiger partial charge in [-0.15, -0.1) is 0 Å². The average molecular weight is 554 g/mol. The number of carboxylic acids is 1. The number of aliphatic carboxylic acids is 1. The summed E-state index contributed by atoms with van der Waals surface area (Å²) in [6.45, 7) is 4.19. The van der Waals surface area contributed by atoms with Crippen LogP contribution >= 0.6 is 45.8 Å². The molecule has 0 aliphatic heterocycles. The molecule has 0 aliphatic carbocycles. The number of hydrogen-bond donors (Lipinski definition) is 2. The summed E-state index contributed by atoms with van der Waals surface area (Å²) in [5.41, 5.74) is 1.66. The second-order valence-electron chi connectivity index (χ2n) is 7.10. The second kappa shape index (κ2) is 10.5. The Labute approximate surface area is 192 Å². The predicted octanol–water partition coefficient (Wildman–Crippen LogP) is 5.02. The molecule has 2 aromatic rings. The fourth-order valence-corrected chi connectivity index (χ4v) is 4.71. The number of aromatic nitrogens is 2. The van der Waals surface area contributed by atoms with Crippen molar-refractivity contribution in [2.24, 2.45) is 5.92 Å². The highest BCUT2D eigenvalue weighted by molar-refractivity contribution is 14.1. The molecule has 1 heterocycles. The van der Waals surface area contributed by atoms with Gasteiger partial charge in [0.15, 0.2) is 0 Å². The number of carbonyl (C=O) groups is 2. The van der Waals surface area contributed by atoms with Gasteiger partial charge in [0, 0.05) is 34.9 Å². The van der Waals surface area contributed by atoms with E-state index in [2.05, 4.69) is 4.98 Å². The number of halogens is 3. The van der Waals surface area contributed by atoms with E-state index in [4.69, 9.17) is 23.2 Å². The van der Waals surface area contributed by atoms with Crippen molar-refractivity contribution in [3.63, 3.8) is 0 Å². The number of benzene rings is 1. The number of rotatable bonds is 9. The molecular weight excluding hydrogens is 532 g/mol. The zero-order valence-corrected chi connectivity index (χ0v) is 19.6. The van der Waals surface area contributed by atoms with E-state index in [0.29, 0.717) is 23.0 Å². The van der Waals surface area contributed by atoms with Crippen LogP contribution in [0.4, 0.5) is 4.79 Å². The van der Waals surface area contributed by atoms with Gasteiger partial charge in [-0.2, -0.15) is 0 Å². The van der Waals surface area contributed by atoms with E-state index in [1.807, 2.05) is 41.0 Å². The molecule has 2 unspecified atom stereocenters. The summed E-state index contributed by atoms with van der Waals surface area (Å²) in [6.07, 6.45) is 2.58. The van der Waals surface area contributed by atoms with Crippen LogP contribution in [0.3, 0.4) is 0 Å². The van der Waals surface area contributed by atoms with E-state index >= 15 is 0 Å². The van der Waals surface area contributed by atoms with Gasteiger partial charge >= 0.3 is 12.1 Å². The molecule has 0 radical (unpaired) electrons. The highest BCUT2D eigenvalue weighted by Gasteiger charge is 2.35. The molecule has 158 valence electrons. The Bertz CT molecular complexity index is 855. The molecule has 1 aromatic heterocycles. The smallest absolute Gasteiger partial charge is 0.408 e. The number of carboxylic acid groups (broad SMARTS) is 2. The lowest BCUT2D eigenvalue weighted by molar-refractivity contribution is -0.143. The van der Waals surface area contributed by atoms with E-state index in [9.17, 15) is 19.8 Å². The molecule has 1 aromatic carbocycles. The fourth-order valence-electron chi connectivity index (χ4n) is 3.06. The van der Waals surface area contributed by atoms with Gasteiger partial charge < -0.3 is 14.8 Å². The van der Waals surface area contributed by atoms with Crippen molar-refractivity contribution in [2.45, 2.75) is 43.3 Å². The summed E-state index contributed by atoms with van der Waals surface area (Å²) in [6, 6.07) is 4.13. The molecule has 7 nitrogen and oxygen atoms in total. The standard InChI is InChI=1S/C19H22Cl2IN3O4/c1-11(2)3-16(18(26)27)25(19(28)29)17(22)7-15-8-23-10-24(15)9-12-4-13(20)6-14(21)5-12/h4-6,8,10-11,16-17H,3,7,9H2,1-2H3,(H,26,27)(H,28,29). The maximum Gasteiger partial charge on any atom is 0.408 e. The summed E-state index contributed by atoms with van der Waals surface area (Å²) in [5, 5.41) is 20.3. The minimum atomic E-state index is -1.26. The first-order valence-corrected chi connectivity index (χ1v) is 10.9. The molecule has 0 saturated heterocycles. The minimum Gasteiger partial charge on any atom is -0.480 e. The SMILES string of the molecule is CC(C)CC(C(=O)O)N(C(=O)O)C(I)Cc1cncn1Cc1cc(Cl)cc(Cl)c1. The van der Waals surface area contributed by atoms with Gasteiger partial charge in [0.1, 0.15) is 6.04 Å². The number of nitrogens with zero attached hydrogens (tertiary/aromatic N) is 3. The molecule has 0 bridgehead atoms. The van der Waals surface area contributed by atoms with Gasteiger partial charge in [0.25, 0.3) is 0 Å². The van der Waals surface area contributed by atoms with Gasteiger partial charge in [-0.05, 0) is 36.1 Å². The largest absolute Gasteiger partial charge is 0.480 e. The van der Waals surface area contributed by atoms with E-state index < -0.39 is 22.2 Å². The Kier molecular flexibility index (Phi) is 8.59. The monoisotopic (exact) mass is 553 g/mol. The third-order valence-corrected chi connectivity index (χ3v) is 5.77. The second-order valence-corrected chi connectivity index (χ2v) is 9.41. The topological polar surface area (TPSA) is 95.7 Å². The van der Waals surface area contributed by atoms with Crippen LogP contribution < -0.4 is 0 Å². The van der Waals surface area contributed by atoms with Crippen molar-refractivity contribution >= 4 is 57.9 Å². The summed E-state index contributed by atoms with van der Waals surface area (Å²) in [5.74, 6) is -1.11. The van der Waals surface area contributed by atoms with Crippen LogP contribution in [0.15, 0.2) is 30.7 Å². The Balaban J connectivity index is 2.22. The molecule has 2 atom stereocenters. The molecule has 0 aliphatic rings. The first-order valence-electron chi connectivity index (χ1n) is 8.90. The third kappa shape index (κ3) is 6.75. The number of amides is 1. The molecule has 1 amide bonds. The number of imidazole rings is 1. The maximum absolute atomic E-state index is 11.9. The number of hydrogen-bond acceptors (Lipinski definition) is 3. The van der Waals surface area contributed by atoms with Crippen molar-refractivity contribution in [1.29, 1.82) is 0 Å². The van der Waals surface area contributed by atoms with Gasteiger partial charge in [0.05, 0.1) is 10.4 Å². The van der Waals surface area contributed by atoms with Crippen LogP contribution in [0.1, 0.15) is 31.5 Å². The van der Waals surface area contributed by atoms with E-state index in [-0.39, 0.29) is 12.3 Å². The summed E-state index contributed by atoms with van der Waals surface area (Å²) in [4.78, 5) is 28.7. The van der Waals surface area contributed by atoms with Crippen molar-refractivity contribution < 1.29 is 19.8 Å². The molecule has 29 heavy (non-hydrogen) atoms. The van der Waals surface area contributed by atoms with Gasteiger partial charge in [-0.25, -0.2) is 14.6 Å². The van der Waals surface area contributed by atoms with Gasteiger partial charge in [0.2, 0.25) is 0 Å². The Morgan fingerprint density at radius 3 is 2.34 bits per heavy atom. The Morgan fingerprint density at radius 1 is 1.21 bits per heavy atom. The quantitative estimate of drug-likeness (QED) is 0.258. The highest BCUT2D eigenvalue weighted by Crippen LogP contribution is 2.24. The Morgan fingerprint density at radius 2 is 1.83 bits per heavy atom. The number of alkyl halides is 1. The van der Waals surface area contributed by atoms with E-state index in [1.165, 1.54) is 0 Å². The lowest BCUT2D eigenvalue weighted by Gasteiger charge is -2.31. The van der Waals surface area contributed by atoms with Crippen LogP contribution in [0.5, 0.6) is 0 Å². The highest BCUT2D eigenvalue weighted by atomic mass is 127. The van der Waals surface area contributed by atoms with E-state index in [0.717, 1.165) is 16.2 Å².